The third-order valence-electron chi connectivity index (χ3n) is 11.4. The average Bonchev–Trinajstić information content (AvgIpc) is 4.11. The van der Waals surface area contributed by atoms with E-state index in [4.69, 9.17) is 9.97 Å². The van der Waals surface area contributed by atoms with Gasteiger partial charge in [-0.3, -0.25) is 0 Å². The molecule has 8 bridgehead atoms. The summed E-state index contributed by atoms with van der Waals surface area (Å²) in [6.45, 7) is 0. The summed E-state index contributed by atoms with van der Waals surface area (Å²) in [5, 5.41) is 4.90. The molecule has 0 saturated heterocycles. The first-order valence-electron chi connectivity index (χ1n) is 19.8. The Morgan fingerprint density at radius 1 is 0.300 bits per heavy atom. The Balaban J connectivity index is 1.19. The Morgan fingerprint density at radius 2 is 0.550 bits per heavy atom. The van der Waals surface area contributed by atoms with E-state index in [1.165, 1.54) is 59.9 Å². The van der Waals surface area contributed by atoms with Crippen LogP contribution in [0.5, 0.6) is 0 Å². The van der Waals surface area contributed by atoms with Crippen molar-refractivity contribution in [1.82, 2.24) is 19.9 Å². The zero-order chi connectivity index (χ0) is 39.3. The summed E-state index contributed by atoms with van der Waals surface area (Å²) in [4.78, 5) is 23.7. The number of aromatic nitrogens is 4. The average molecular weight is 839 g/mol. The smallest absolute Gasteiger partial charge is 0.0745 e. The largest absolute Gasteiger partial charge is 0.354 e. The van der Waals surface area contributed by atoms with Gasteiger partial charge in [0, 0.05) is 82.6 Å². The van der Waals surface area contributed by atoms with Gasteiger partial charge in [-0.25, -0.2) is 9.97 Å². The zero-order valence-corrected chi connectivity index (χ0v) is 35.0. The lowest BCUT2D eigenvalue weighted by Crippen LogP contribution is -1.87. The van der Waals surface area contributed by atoms with Crippen LogP contribution in [-0.2, 0) is 0 Å². The number of hydrogen-bond acceptors (Lipinski definition) is 6. The number of aromatic amines is 2. The van der Waals surface area contributed by atoms with Crippen LogP contribution in [0.3, 0.4) is 0 Å². The first kappa shape index (κ1) is 34.2. The predicted octanol–water partition coefficient (Wildman–Crippen LogP) is 16.2. The van der Waals surface area contributed by atoms with E-state index in [-0.39, 0.29) is 0 Å². The molecular formula is C52H30N4S4. The lowest BCUT2D eigenvalue weighted by atomic mass is 10.1. The number of benzene rings is 4. The van der Waals surface area contributed by atoms with Gasteiger partial charge in [-0.05, 0) is 119 Å². The minimum absolute atomic E-state index is 0.928. The summed E-state index contributed by atoms with van der Waals surface area (Å²) in [7, 11) is 0. The molecule has 282 valence electrons. The van der Waals surface area contributed by atoms with E-state index >= 15 is 0 Å². The molecule has 4 nitrogen and oxygen atoms in total. The molecule has 13 rings (SSSR count). The number of nitrogens with one attached hydrogen (secondary N) is 2. The van der Waals surface area contributed by atoms with E-state index in [1.807, 2.05) is 0 Å². The highest BCUT2D eigenvalue weighted by Crippen LogP contribution is 2.45. The molecule has 0 spiro atoms. The Labute approximate surface area is 359 Å². The van der Waals surface area contributed by atoms with Crippen LogP contribution in [0.4, 0.5) is 0 Å². The quantitative estimate of drug-likeness (QED) is 0.185. The highest BCUT2D eigenvalue weighted by molar-refractivity contribution is 7.23. The second kappa shape index (κ2) is 13.4. The van der Waals surface area contributed by atoms with Crippen LogP contribution in [0.1, 0.15) is 22.8 Å². The molecule has 0 amide bonds. The molecule has 0 unspecified atom stereocenters. The van der Waals surface area contributed by atoms with Crippen molar-refractivity contribution in [2.75, 3.05) is 0 Å². The molecule has 4 aromatic carbocycles. The van der Waals surface area contributed by atoms with Gasteiger partial charge < -0.3 is 9.97 Å². The van der Waals surface area contributed by atoms with Gasteiger partial charge >= 0.3 is 0 Å². The van der Waals surface area contributed by atoms with E-state index < -0.39 is 0 Å². The molecule has 0 radical (unpaired) electrons. The summed E-state index contributed by atoms with van der Waals surface area (Å²) in [6, 6.07) is 52.6. The van der Waals surface area contributed by atoms with Crippen LogP contribution in [0.25, 0.3) is 128 Å². The van der Waals surface area contributed by atoms with Crippen molar-refractivity contribution in [3.63, 3.8) is 0 Å². The number of fused-ring (bicyclic) bond motifs is 12. The lowest BCUT2D eigenvalue weighted by Gasteiger charge is -2.04. The van der Waals surface area contributed by atoms with Crippen LogP contribution >= 0.6 is 45.3 Å². The fourth-order valence-electron chi connectivity index (χ4n) is 8.66. The normalized spacial score (nSPS) is 12.5. The van der Waals surface area contributed by atoms with Crippen molar-refractivity contribution in [2.24, 2.45) is 0 Å². The second-order valence-corrected chi connectivity index (χ2v) is 19.4. The number of hydrogen-bond donors (Lipinski definition) is 2. The molecule has 7 aromatic heterocycles. The molecule has 2 aliphatic heterocycles. The molecule has 0 atom stereocenters. The molecule has 11 aromatic rings. The Morgan fingerprint density at radius 3 is 0.800 bits per heavy atom. The minimum Gasteiger partial charge on any atom is -0.354 e. The molecule has 9 heterocycles. The third-order valence-corrected chi connectivity index (χ3v) is 16.0. The van der Waals surface area contributed by atoms with Gasteiger partial charge in [-0.1, -0.05) is 72.8 Å². The van der Waals surface area contributed by atoms with E-state index in [9.17, 15) is 0 Å². The zero-order valence-electron chi connectivity index (χ0n) is 31.7. The van der Waals surface area contributed by atoms with Crippen molar-refractivity contribution >= 4 is 132 Å². The monoisotopic (exact) mass is 838 g/mol. The number of thiophene rings is 4. The van der Waals surface area contributed by atoms with Crippen molar-refractivity contribution in [3.8, 4) is 41.8 Å². The van der Waals surface area contributed by atoms with Crippen LogP contribution in [0, 0.1) is 0 Å². The first-order valence-corrected chi connectivity index (χ1v) is 23.1. The van der Waals surface area contributed by atoms with Crippen LogP contribution in [-0.4, -0.2) is 19.9 Å². The van der Waals surface area contributed by atoms with E-state index in [2.05, 4.69) is 180 Å². The van der Waals surface area contributed by atoms with Crippen LogP contribution < -0.4 is 0 Å². The van der Waals surface area contributed by atoms with Crippen LogP contribution in [0.15, 0.2) is 146 Å². The molecule has 2 aliphatic rings. The maximum Gasteiger partial charge on any atom is 0.0745 e. The molecule has 0 saturated carbocycles. The van der Waals surface area contributed by atoms with Gasteiger partial charge in [0.25, 0.3) is 0 Å². The maximum atomic E-state index is 5.56. The van der Waals surface area contributed by atoms with Gasteiger partial charge in [0.15, 0.2) is 0 Å². The van der Waals surface area contributed by atoms with E-state index in [0.29, 0.717) is 0 Å². The van der Waals surface area contributed by atoms with E-state index in [1.54, 1.807) is 45.3 Å². The highest BCUT2D eigenvalue weighted by atomic mass is 32.1. The van der Waals surface area contributed by atoms with Gasteiger partial charge in [-0.2, -0.15) is 0 Å². The Bertz CT molecular complexity index is 3190. The predicted molar refractivity (Wildman–Crippen MR) is 262 cm³/mol. The highest BCUT2D eigenvalue weighted by Gasteiger charge is 2.22. The summed E-state index contributed by atoms with van der Waals surface area (Å²) in [5.41, 5.74) is 12.1. The SMILES string of the molecule is C1=Cc2nc1c(-c1cc3ccccc3s1)c1ccc([nH]1)c(-c1cc3ccccc3s1)c1nc(c(-c3cc4ccccc4s3)c3ccc([nH]3)c2-c2cc3ccccc3s2)C=C1. The fourth-order valence-corrected chi connectivity index (χ4v) is 13.2. The number of nitrogens with zero attached hydrogens (tertiary/aromatic N) is 2. The molecule has 2 N–H and O–H groups in total. The summed E-state index contributed by atoms with van der Waals surface area (Å²) in [6.07, 6.45) is 8.78. The van der Waals surface area contributed by atoms with Gasteiger partial charge in [0.1, 0.15) is 0 Å². The van der Waals surface area contributed by atoms with Gasteiger partial charge in [0.05, 0.1) is 22.8 Å². The van der Waals surface area contributed by atoms with Gasteiger partial charge in [0.2, 0.25) is 0 Å². The fraction of sp³-hybridized carbons (Fsp3) is 0. The number of H-pyrrole nitrogens is 2. The summed E-state index contributed by atoms with van der Waals surface area (Å²) < 4.78 is 5.00. The minimum atomic E-state index is 0.928. The third kappa shape index (κ3) is 5.53. The first-order chi connectivity index (χ1) is 29.7. The van der Waals surface area contributed by atoms with Gasteiger partial charge in [-0.15, -0.1) is 45.3 Å². The maximum absolute atomic E-state index is 5.56. The Kier molecular flexibility index (Phi) is 7.65. The van der Waals surface area contributed by atoms with Crippen LogP contribution in [0.2, 0.25) is 0 Å². The van der Waals surface area contributed by atoms with Crippen molar-refractivity contribution in [1.29, 1.82) is 0 Å². The summed E-state index contributed by atoms with van der Waals surface area (Å²) >= 11 is 7.23. The topological polar surface area (TPSA) is 57.4 Å². The Hall–Kier alpha value is -6.68. The molecule has 0 fully saturated rings. The lowest BCUT2D eigenvalue weighted by molar-refractivity contribution is 1.32. The standard InChI is InChI=1S/C52H30N4S4/c1-5-13-41-29(9-1)25-45(57-41)49-33-17-19-35(53-33)50(46-26-30-10-2-6-14-42(30)58-46)37-21-23-39(55-37)52(48-28-32-12-4-8-16-44(32)60-48)40-24-22-38(56-40)51(36-20-18-34(49)54-36)47-27-31-11-3-7-15-43(31)59-47/h1-28,53,56H. The van der Waals surface area contributed by atoms with Crippen molar-refractivity contribution < 1.29 is 0 Å². The van der Waals surface area contributed by atoms with Crippen molar-refractivity contribution in [3.05, 3.63) is 168 Å². The molecule has 60 heavy (non-hydrogen) atoms. The number of rotatable bonds is 4. The van der Waals surface area contributed by atoms with Crippen molar-refractivity contribution in [2.45, 2.75) is 0 Å². The molecule has 0 aliphatic carbocycles. The van der Waals surface area contributed by atoms with E-state index in [0.717, 1.165) is 67.1 Å². The summed E-state index contributed by atoms with van der Waals surface area (Å²) in [5.74, 6) is 0. The molecule has 8 heteroatoms. The second-order valence-electron chi connectivity index (χ2n) is 15.1. The molecular weight excluding hydrogens is 809 g/mol.